The zero-order valence-electron chi connectivity index (χ0n) is 8.03. The SMILES string of the molecule is CN1CCC(C2=NOCCO2)CC1. The van der Waals surface area contributed by atoms with Gasteiger partial charge >= 0.3 is 0 Å². The molecule has 0 saturated carbocycles. The van der Waals surface area contributed by atoms with E-state index in [1.807, 2.05) is 0 Å². The van der Waals surface area contributed by atoms with E-state index in [-0.39, 0.29) is 0 Å². The lowest BCUT2D eigenvalue weighted by molar-refractivity contribution is 0.0533. The highest BCUT2D eigenvalue weighted by molar-refractivity contribution is 5.78. The third-order valence-electron chi connectivity index (χ3n) is 2.65. The number of likely N-dealkylation sites (tertiary alicyclic amines) is 1. The zero-order chi connectivity index (χ0) is 9.10. The number of rotatable bonds is 1. The predicted molar refractivity (Wildman–Crippen MR) is 49.6 cm³/mol. The molecule has 0 aromatic rings. The summed E-state index contributed by atoms with van der Waals surface area (Å²) >= 11 is 0. The molecule has 1 saturated heterocycles. The normalized spacial score (nSPS) is 26.1. The Morgan fingerprint density at radius 2 is 2.08 bits per heavy atom. The molecule has 2 aliphatic rings. The Labute approximate surface area is 78.5 Å². The van der Waals surface area contributed by atoms with E-state index in [4.69, 9.17) is 9.57 Å². The van der Waals surface area contributed by atoms with E-state index < -0.39 is 0 Å². The fourth-order valence-electron chi connectivity index (χ4n) is 1.77. The number of nitrogens with zero attached hydrogens (tertiary/aromatic N) is 2. The van der Waals surface area contributed by atoms with Crippen LogP contribution >= 0.6 is 0 Å². The number of piperidine rings is 1. The quantitative estimate of drug-likeness (QED) is 0.601. The first-order valence-electron chi connectivity index (χ1n) is 4.87. The molecule has 0 amide bonds. The molecule has 0 bridgehead atoms. The van der Waals surface area contributed by atoms with Crippen LogP contribution in [0.25, 0.3) is 0 Å². The van der Waals surface area contributed by atoms with Crippen molar-refractivity contribution in [2.75, 3.05) is 33.4 Å². The summed E-state index contributed by atoms with van der Waals surface area (Å²) in [6.07, 6.45) is 2.28. The highest BCUT2D eigenvalue weighted by Gasteiger charge is 2.24. The maximum atomic E-state index is 5.46. The maximum absolute atomic E-state index is 5.46. The molecule has 4 nitrogen and oxygen atoms in total. The summed E-state index contributed by atoms with van der Waals surface area (Å²) < 4.78 is 5.46. The molecule has 0 aliphatic carbocycles. The van der Waals surface area contributed by atoms with Crippen molar-refractivity contribution in [3.63, 3.8) is 0 Å². The summed E-state index contributed by atoms with van der Waals surface area (Å²) in [7, 11) is 2.15. The Balaban J connectivity index is 1.89. The van der Waals surface area contributed by atoms with Crippen molar-refractivity contribution in [1.82, 2.24) is 4.90 Å². The number of ether oxygens (including phenoxy) is 1. The van der Waals surface area contributed by atoms with Crippen LogP contribution in [0.2, 0.25) is 0 Å². The highest BCUT2D eigenvalue weighted by atomic mass is 16.7. The topological polar surface area (TPSA) is 34.1 Å². The van der Waals surface area contributed by atoms with Crippen molar-refractivity contribution in [3.05, 3.63) is 0 Å². The molecule has 0 aromatic carbocycles. The predicted octanol–water partition coefficient (Wildman–Crippen LogP) is 0.688. The molecule has 2 rings (SSSR count). The Kier molecular flexibility index (Phi) is 2.68. The fourth-order valence-corrected chi connectivity index (χ4v) is 1.77. The minimum atomic E-state index is 0.483. The first-order valence-corrected chi connectivity index (χ1v) is 4.87. The van der Waals surface area contributed by atoms with Crippen LogP contribution < -0.4 is 0 Å². The van der Waals surface area contributed by atoms with Crippen LogP contribution in [-0.2, 0) is 9.57 Å². The lowest BCUT2D eigenvalue weighted by Crippen LogP contribution is -2.35. The second-order valence-corrected chi connectivity index (χ2v) is 3.69. The Morgan fingerprint density at radius 1 is 1.31 bits per heavy atom. The summed E-state index contributed by atoms with van der Waals surface area (Å²) in [5.74, 6) is 1.30. The Bertz CT molecular complexity index is 198. The summed E-state index contributed by atoms with van der Waals surface area (Å²) in [4.78, 5) is 7.35. The van der Waals surface area contributed by atoms with E-state index in [1.54, 1.807) is 0 Å². The van der Waals surface area contributed by atoms with E-state index in [2.05, 4.69) is 17.1 Å². The van der Waals surface area contributed by atoms with Crippen LogP contribution in [0.1, 0.15) is 12.8 Å². The second-order valence-electron chi connectivity index (χ2n) is 3.69. The van der Waals surface area contributed by atoms with Gasteiger partial charge in [0.05, 0.1) is 0 Å². The average Bonchev–Trinajstić information content (AvgIpc) is 2.20. The molecule has 74 valence electrons. The highest BCUT2D eigenvalue weighted by Crippen LogP contribution is 2.19. The van der Waals surface area contributed by atoms with Gasteiger partial charge in [0.1, 0.15) is 6.61 Å². The van der Waals surface area contributed by atoms with Gasteiger partial charge in [0.15, 0.2) is 6.61 Å². The zero-order valence-corrected chi connectivity index (χ0v) is 8.03. The fraction of sp³-hybridized carbons (Fsp3) is 0.889. The minimum absolute atomic E-state index is 0.483. The van der Waals surface area contributed by atoms with Crippen molar-refractivity contribution in [3.8, 4) is 0 Å². The molecule has 13 heavy (non-hydrogen) atoms. The maximum Gasteiger partial charge on any atom is 0.228 e. The van der Waals surface area contributed by atoms with Crippen LogP contribution in [0.3, 0.4) is 0 Å². The molecule has 0 N–H and O–H groups in total. The van der Waals surface area contributed by atoms with Crippen LogP contribution in [-0.4, -0.2) is 44.1 Å². The van der Waals surface area contributed by atoms with Gasteiger partial charge in [-0.25, -0.2) is 0 Å². The lowest BCUT2D eigenvalue weighted by atomic mass is 9.97. The van der Waals surface area contributed by atoms with Gasteiger partial charge < -0.3 is 14.5 Å². The van der Waals surface area contributed by atoms with E-state index in [1.165, 1.54) is 0 Å². The van der Waals surface area contributed by atoms with Crippen LogP contribution in [0.5, 0.6) is 0 Å². The number of hydrogen-bond donors (Lipinski definition) is 0. The van der Waals surface area contributed by atoms with Crippen molar-refractivity contribution in [2.45, 2.75) is 12.8 Å². The van der Waals surface area contributed by atoms with Crippen LogP contribution in [0, 0.1) is 5.92 Å². The molecule has 2 heterocycles. The van der Waals surface area contributed by atoms with Crippen molar-refractivity contribution >= 4 is 5.90 Å². The van der Waals surface area contributed by atoms with Crippen molar-refractivity contribution in [1.29, 1.82) is 0 Å². The molecule has 1 fully saturated rings. The van der Waals surface area contributed by atoms with Gasteiger partial charge in [-0.3, -0.25) is 0 Å². The van der Waals surface area contributed by atoms with E-state index in [0.29, 0.717) is 19.1 Å². The van der Waals surface area contributed by atoms with Gasteiger partial charge in [-0.1, -0.05) is 5.16 Å². The van der Waals surface area contributed by atoms with Crippen LogP contribution in [0.15, 0.2) is 5.16 Å². The molecular formula is C9H16N2O2. The average molecular weight is 184 g/mol. The molecule has 4 heteroatoms. The third-order valence-corrected chi connectivity index (χ3v) is 2.65. The van der Waals surface area contributed by atoms with Gasteiger partial charge in [0.2, 0.25) is 5.90 Å². The third kappa shape index (κ3) is 2.12. The summed E-state index contributed by atoms with van der Waals surface area (Å²) in [5, 5.41) is 3.95. The van der Waals surface area contributed by atoms with Crippen LogP contribution in [0.4, 0.5) is 0 Å². The smallest absolute Gasteiger partial charge is 0.228 e. The molecule has 0 unspecified atom stereocenters. The van der Waals surface area contributed by atoms with Gasteiger partial charge in [0, 0.05) is 5.92 Å². The molecule has 2 aliphatic heterocycles. The largest absolute Gasteiger partial charge is 0.475 e. The number of hydrogen-bond acceptors (Lipinski definition) is 4. The van der Waals surface area contributed by atoms with E-state index >= 15 is 0 Å². The first-order chi connectivity index (χ1) is 6.36. The van der Waals surface area contributed by atoms with Gasteiger partial charge in [-0.2, -0.15) is 0 Å². The van der Waals surface area contributed by atoms with Crippen molar-refractivity contribution < 1.29 is 9.57 Å². The lowest BCUT2D eigenvalue weighted by Gasteiger charge is -2.29. The molecular weight excluding hydrogens is 168 g/mol. The molecule has 0 atom stereocenters. The van der Waals surface area contributed by atoms with Gasteiger partial charge in [0.25, 0.3) is 0 Å². The minimum Gasteiger partial charge on any atom is -0.475 e. The summed E-state index contributed by atoms with van der Waals surface area (Å²) in [6.45, 7) is 3.52. The Morgan fingerprint density at radius 3 is 2.69 bits per heavy atom. The molecule has 0 aromatic heterocycles. The second kappa shape index (κ2) is 3.96. The Hall–Kier alpha value is -0.770. The summed E-state index contributed by atoms with van der Waals surface area (Å²) in [6, 6.07) is 0. The standard InChI is InChI=1S/C9H16N2O2/c1-11-4-2-8(3-5-11)9-10-13-7-6-12-9/h8H,2-7H2,1H3. The van der Waals surface area contributed by atoms with Gasteiger partial charge in [-0.15, -0.1) is 0 Å². The molecule has 0 radical (unpaired) electrons. The van der Waals surface area contributed by atoms with Crippen molar-refractivity contribution in [2.24, 2.45) is 11.1 Å². The monoisotopic (exact) mass is 184 g/mol. The first kappa shape index (κ1) is 8.81. The molecule has 0 spiro atoms. The summed E-state index contributed by atoms with van der Waals surface area (Å²) in [5.41, 5.74) is 0. The number of oxime groups is 1. The van der Waals surface area contributed by atoms with Gasteiger partial charge in [-0.05, 0) is 33.0 Å². The van der Waals surface area contributed by atoms with E-state index in [0.717, 1.165) is 31.8 Å². The van der Waals surface area contributed by atoms with E-state index in [9.17, 15) is 0 Å².